The van der Waals surface area contributed by atoms with Gasteiger partial charge >= 0.3 is 5.97 Å². The maximum Gasteiger partial charge on any atom is 0.304 e. The highest BCUT2D eigenvalue weighted by molar-refractivity contribution is 7.89. The fourth-order valence-corrected chi connectivity index (χ4v) is 3.06. The lowest BCUT2D eigenvalue weighted by Gasteiger charge is -2.15. The molecule has 0 fully saturated rings. The summed E-state index contributed by atoms with van der Waals surface area (Å²) in [6.07, 6.45) is -0.0396. The van der Waals surface area contributed by atoms with Gasteiger partial charge in [0.25, 0.3) is 0 Å². The number of aryl methyl sites for hydroxylation is 1. The number of carboxylic acids is 1. The monoisotopic (exact) mass is 289 g/mol. The molecule has 0 aliphatic carbocycles. The van der Waals surface area contributed by atoms with Crippen molar-refractivity contribution in [1.82, 2.24) is 4.72 Å². The normalized spacial score (nSPS) is 13.2. The van der Waals surface area contributed by atoms with E-state index in [1.807, 2.05) is 0 Å². The number of hydrogen-bond acceptors (Lipinski definition) is 3. The molecule has 1 unspecified atom stereocenters. The number of carboxylic acid groups (broad SMARTS) is 1. The molecule has 0 aliphatic rings. The first kappa shape index (κ1) is 15.6. The molecule has 0 heterocycles. The van der Waals surface area contributed by atoms with Crippen LogP contribution in [-0.2, 0) is 14.8 Å². The molecule has 1 rings (SSSR count). The first-order valence-electron chi connectivity index (χ1n) is 5.76. The molecule has 0 amide bonds. The van der Waals surface area contributed by atoms with Crippen LogP contribution >= 0.6 is 0 Å². The number of halogens is 1. The zero-order chi connectivity index (χ0) is 14.6. The average molecular weight is 289 g/mol. The van der Waals surface area contributed by atoms with Crippen molar-refractivity contribution >= 4 is 16.0 Å². The van der Waals surface area contributed by atoms with E-state index in [4.69, 9.17) is 5.11 Å². The highest BCUT2D eigenvalue weighted by Crippen LogP contribution is 2.17. The summed E-state index contributed by atoms with van der Waals surface area (Å²) in [5.74, 6) is -1.97. The van der Waals surface area contributed by atoms with Gasteiger partial charge in [0, 0.05) is 6.04 Å². The Morgan fingerprint density at radius 3 is 2.63 bits per heavy atom. The molecule has 0 aromatic heterocycles. The van der Waals surface area contributed by atoms with Crippen LogP contribution in [0, 0.1) is 12.7 Å². The van der Waals surface area contributed by atoms with Crippen molar-refractivity contribution in [2.45, 2.75) is 37.6 Å². The average Bonchev–Trinajstić information content (AvgIpc) is 2.30. The Kier molecular flexibility index (Phi) is 5.02. The number of hydrogen-bond donors (Lipinski definition) is 2. The van der Waals surface area contributed by atoms with E-state index in [0.717, 1.165) is 6.07 Å². The maximum atomic E-state index is 13.5. The summed E-state index contributed by atoms with van der Waals surface area (Å²) in [5.41, 5.74) is 0.605. The molecule has 1 aromatic carbocycles. The lowest BCUT2D eigenvalue weighted by atomic mass is 10.2. The van der Waals surface area contributed by atoms with Gasteiger partial charge in [0.1, 0.15) is 10.7 Å². The minimum atomic E-state index is -4.06. The molecule has 1 atom stereocenters. The molecule has 19 heavy (non-hydrogen) atoms. The zero-order valence-electron chi connectivity index (χ0n) is 10.7. The van der Waals surface area contributed by atoms with Crippen LogP contribution in [0.2, 0.25) is 0 Å². The van der Waals surface area contributed by atoms with Crippen molar-refractivity contribution in [1.29, 1.82) is 0 Å². The summed E-state index contributed by atoms with van der Waals surface area (Å²) < 4.78 is 39.8. The topological polar surface area (TPSA) is 83.5 Å². The van der Waals surface area contributed by atoms with Crippen molar-refractivity contribution in [3.63, 3.8) is 0 Å². The number of rotatable bonds is 6. The molecule has 106 valence electrons. The highest BCUT2D eigenvalue weighted by Gasteiger charge is 2.23. The van der Waals surface area contributed by atoms with Crippen LogP contribution in [0.4, 0.5) is 4.39 Å². The third-order valence-electron chi connectivity index (χ3n) is 2.61. The smallest absolute Gasteiger partial charge is 0.304 e. The summed E-state index contributed by atoms with van der Waals surface area (Å²) >= 11 is 0. The van der Waals surface area contributed by atoms with Crippen LogP contribution in [-0.4, -0.2) is 25.5 Å². The summed E-state index contributed by atoms with van der Waals surface area (Å²) in [6.45, 7) is 3.30. The predicted molar refractivity (Wildman–Crippen MR) is 67.8 cm³/mol. The van der Waals surface area contributed by atoms with E-state index in [9.17, 15) is 17.6 Å². The largest absolute Gasteiger partial charge is 0.481 e. The van der Waals surface area contributed by atoms with Crippen molar-refractivity contribution in [2.24, 2.45) is 0 Å². The Hall–Kier alpha value is -1.47. The van der Waals surface area contributed by atoms with E-state index >= 15 is 0 Å². The van der Waals surface area contributed by atoms with E-state index in [2.05, 4.69) is 4.72 Å². The minimum Gasteiger partial charge on any atom is -0.481 e. The quantitative estimate of drug-likeness (QED) is 0.834. The van der Waals surface area contributed by atoms with Gasteiger partial charge in [-0.05, 0) is 31.0 Å². The van der Waals surface area contributed by atoms with Crippen LogP contribution < -0.4 is 4.72 Å². The molecule has 7 heteroatoms. The summed E-state index contributed by atoms with van der Waals surface area (Å²) in [7, 11) is -4.06. The summed E-state index contributed by atoms with van der Waals surface area (Å²) in [5, 5.41) is 8.67. The molecule has 0 bridgehead atoms. The highest BCUT2D eigenvalue weighted by atomic mass is 32.2. The summed E-state index contributed by atoms with van der Waals surface area (Å²) in [4.78, 5) is 10.1. The number of sulfonamides is 1. The van der Waals surface area contributed by atoms with Gasteiger partial charge in [-0.25, -0.2) is 17.5 Å². The van der Waals surface area contributed by atoms with Crippen LogP contribution in [0.15, 0.2) is 23.1 Å². The Labute approximate surface area is 111 Å². The van der Waals surface area contributed by atoms with Crippen LogP contribution in [0.3, 0.4) is 0 Å². The van der Waals surface area contributed by atoms with Crippen molar-refractivity contribution in [3.8, 4) is 0 Å². The van der Waals surface area contributed by atoms with Crippen LogP contribution in [0.1, 0.15) is 25.3 Å². The first-order valence-corrected chi connectivity index (χ1v) is 7.25. The van der Waals surface area contributed by atoms with E-state index in [1.54, 1.807) is 13.8 Å². The van der Waals surface area contributed by atoms with E-state index in [0.29, 0.717) is 12.0 Å². The third-order valence-corrected chi connectivity index (χ3v) is 4.15. The Balaban J connectivity index is 3.03. The fourth-order valence-electron chi connectivity index (χ4n) is 1.58. The Bertz CT molecular complexity index is 571. The third kappa shape index (κ3) is 4.29. The Morgan fingerprint density at radius 2 is 2.11 bits per heavy atom. The fraction of sp³-hybridized carbons (Fsp3) is 0.417. The lowest BCUT2D eigenvalue weighted by Crippen LogP contribution is -2.36. The van der Waals surface area contributed by atoms with Crippen molar-refractivity contribution < 1.29 is 22.7 Å². The van der Waals surface area contributed by atoms with Crippen molar-refractivity contribution in [2.75, 3.05) is 0 Å². The molecule has 0 saturated heterocycles. The van der Waals surface area contributed by atoms with Crippen LogP contribution in [0.25, 0.3) is 0 Å². The van der Waals surface area contributed by atoms with Gasteiger partial charge in [0.05, 0.1) is 6.42 Å². The molecule has 1 aromatic rings. The van der Waals surface area contributed by atoms with E-state index in [1.165, 1.54) is 12.1 Å². The number of benzene rings is 1. The van der Waals surface area contributed by atoms with Gasteiger partial charge in [-0.1, -0.05) is 13.0 Å². The van der Waals surface area contributed by atoms with Gasteiger partial charge in [-0.15, -0.1) is 0 Å². The molecule has 5 nitrogen and oxygen atoms in total. The maximum absolute atomic E-state index is 13.5. The second-order valence-electron chi connectivity index (χ2n) is 4.26. The molecule has 0 radical (unpaired) electrons. The molecular weight excluding hydrogens is 273 g/mol. The van der Waals surface area contributed by atoms with Gasteiger partial charge in [0.15, 0.2) is 0 Å². The summed E-state index contributed by atoms with van der Waals surface area (Å²) in [6, 6.07) is 2.98. The minimum absolute atomic E-state index is 0.305. The lowest BCUT2D eigenvalue weighted by molar-refractivity contribution is -0.137. The van der Waals surface area contributed by atoms with E-state index < -0.39 is 32.7 Å². The second kappa shape index (κ2) is 6.12. The number of carbonyl (C=O) groups is 1. The standard InChI is InChI=1S/C12H16FNO4S/c1-3-9(7-12(15)16)14-19(17,18)11-6-8(2)4-5-10(11)13/h4-6,9,14H,3,7H2,1-2H3,(H,15,16). The molecule has 0 spiro atoms. The molecular formula is C12H16FNO4S. The van der Waals surface area contributed by atoms with Gasteiger partial charge < -0.3 is 5.11 Å². The predicted octanol–water partition coefficient (Wildman–Crippen LogP) is 1.67. The van der Waals surface area contributed by atoms with Crippen LogP contribution in [0.5, 0.6) is 0 Å². The zero-order valence-corrected chi connectivity index (χ0v) is 11.5. The molecule has 2 N–H and O–H groups in total. The second-order valence-corrected chi connectivity index (χ2v) is 5.94. The van der Waals surface area contributed by atoms with Crippen molar-refractivity contribution in [3.05, 3.63) is 29.6 Å². The number of nitrogens with one attached hydrogen (secondary N) is 1. The van der Waals surface area contributed by atoms with Gasteiger partial charge in [-0.2, -0.15) is 0 Å². The molecule has 0 saturated carbocycles. The SMILES string of the molecule is CCC(CC(=O)O)NS(=O)(=O)c1cc(C)ccc1F. The first-order chi connectivity index (χ1) is 8.76. The Morgan fingerprint density at radius 1 is 1.47 bits per heavy atom. The number of aliphatic carboxylic acids is 1. The van der Waals surface area contributed by atoms with Gasteiger partial charge in [-0.3, -0.25) is 4.79 Å². The van der Waals surface area contributed by atoms with E-state index in [-0.39, 0.29) is 6.42 Å². The molecule has 0 aliphatic heterocycles. The van der Waals surface area contributed by atoms with Gasteiger partial charge in [0.2, 0.25) is 10.0 Å².